The maximum atomic E-state index is 6.14. The molecule has 0 N–H and O–H groups in total. The van der Waals surface area contributed by atoms with Crippen LogP contribution < -0.4 is 0 Å². The van der Waals surface area contributed by atoms with Crippen LogP contribution in [0.3, 0.4) is 0 Å². The Morgan fingerprint density at radius 2 is 0.978 bits per heavy atom. The second-order valence-corrected chi connectivity index (χ2v) is 11.1. The molecule has 0 spiro atoms. The fraction of sp³-hybridized carbons (Fsp3) is 0. The minimum Gasteiger partial charge on any atom is -0.454 e. The van der Waals surface area contributed by atoms with Crippen molar-refractivity contribution in [1.29, 1.82) is 0 Å². The van der Waals surface area contributed by atoms with Gasteiger partial charge in [-0.15, -0.1) is 0 Å². The molecular formula is C40H24N4O. The molecule has 0 unspecified atom stereocenters. The number of hydrogen-bond donors (Lipinski definition) is 0. The van der Waals surface area contributed by atoms with Gasteiger partial charge in [0, 0.05) is 22.9 Å². The fourth-order valence-electron chi connectivity index (χ4n) is 6.09. The maximum Gasteiger partial charge on any atom is 0.164 e. The van der Waals surface area contributed by atoms with Crippen molar-refractivity contribution < 1.29 is 4.42 Å². The highest BCUT2D eigenvalue weighted by molar-refractivity contribution is 6.09. The second-order valence-electron chi connectivity index (χ2n) is 11.1. The van der Waals surface area contributed by atoms with Crippen LogP contribution in [0.5, 0.6) is 0 Å². The number of hydrogen-bond acceptors (Lipinski definition) is 5. The average Bonchev–Trinajstić information content (AvgIpc) is 3.50. The zero-order valence-corrected chi connectivity index (χ0v) is 24.1. The van der Waals surface area contributed by atoms with E-state index < -0.39 is 0 Å². The van der Waals surface area contributed by atoms with E-state index in [1.165, 1.54) is 21.7 Å². The van der Waals surface area contributed by atoms with Gasteiger partial charge in [0.05, 0.1) is 5.39 Å². The van der Waals surface area contributed by atoms with Crippen molar-refractivity contribution >= 4 is 43.6 Å². The van der Waals surface area contributed by atoms with E-state index in [9.17, 15) is 0 Å². The van der Waals surface area contributed by atoms with Gasteiger partial charge in [0.2, 0.25) is 0 Å². The van der Waals surface area contributed by atoms with Gasteiger partial charge in [-0.1, -0.05) is 109 Å². The zero-order valence-electron chi connectivity index (χ0n) is 24.1. The smallest absolute Gasteiger partial charge is 0.164 e. The Kier molecular flexibility index (Phi) is 5.74. The van der Waals surface area contributed by atoms with E-state index in [1.807, 2.05) is 42.5 Å². The Hall–Kier alpha value is -6.20. The summed E-state index contributed by atoms with van der Waals surface area (Å²) in [4.78, 5) is 19.8. The van der Waals surface area contributed by atoms with Crippen LogP contribution in [0.2, 0.25) is 0 Å². The van der Waals surface area contributed by atoms with Crippen molar-refractivity contribution in [2.24, 2.45) is 0 Å². The molecule has 5 nitrogen and oxygen atoms in total. The monoisotopic (exact) mass is 576 g/mol. The third-order valence-electron chi connectivity index (χ3n) is 8.36. The number of fused-ring (bicyclic) bond motifs is 5. The zero-order chi connectivity index (χ0) is 29.7. The molecule has 6 aromatic carbocycles. The Morgan fingerprint density at radius 1 is 0.400 bits per heavy atom. The predicted octanol–water partition coefficient (Wildman–Crippen LogP) is 10.1. The van der Waals surface area contributed by atoms with Crippen molar-refractivity contribution in [1.82, 2.24) is 19.9 Å². The lowest BCUT2D eigenvalue weighted by Crippen LogP contribution is -2.00. The fourth-order valence-corrected chi connectivity index (χ4v) is 6.09. The van der Waals surface area contributed by atoms with Crippen LogP contribution in [-0.2, 0) is 0 Å². The van der Waals surface area contributed by atoms with Crippen LogP contribution in [0.4, 0.5) is 0 Å². The minimum absolute atomic E-state index is 0.570. The van der Waals surface area contributed by atoms with Crippen LogP contribution in [0.1, 0.15) is 0 Å². The lowest BCUT2D eigenvalue weighted by atomic mass is 10.00. The van der Waals surface area contributed by atoms with E-state index in [0.29, 0.717) is 17.5 Å². The van der Waals surface area contributed by atoms with Crippen LogP contribution in [0.25, 0.3) is 88.9 Å². The van der Waals surface area contributed by atoms with E-state index in [2.05, 4.69) is 102 Å². The number of furan rings is 1. The normalized spacial score (nSPS) is 11.6. The van der Waals surface area contributed by atoms with Crippen LogP contribution in [-0.4, -0.2) is 19.9 Å². The largest absolute Gasteiger partial charge is 0.454 e. The van der Waals surface area contributed by atoms with Crippen LogP contribution >= 0.6 is 0 Å². The summed E-state index contributed by atoms with van der Waals surface area (Å²) >= 11 is 0. The number of rotatable bonds is 4. The quantitative estimate of drug-likeness (QED) is 0.209. The first-order valence-electron chi connectivity index (χ1n) is 14.9. The van der Waals surface area contributed by atoms with Crippen LogP contribution in [0, 0.1) is 0 Å². The van der Waals surface area contributed by atoms with Crippen molar-refractivity contribution in [2.45, 2.75) is 0 Å². The van der Waals surface area contributed by atoms with E-state index in [1.54, 1.807) is 6.20 Å². The van der Waals surface area contributed by atoms with Gasteiger partial charge in [-0.05, 0) is 63.0 Å². The molecule has 0 amide bonds. The van der Waals surface area contributed by atoms with Gasteiger partial charge in [-0.2, -0.15) is 0 Å². The molecule has 0 aliphatic heterocycles. The molecule has 0 bridgehead atoms. The van der Waals surface area contributed by atoms with Crippen molar-refractivity contribution in [2.75, 3.05) is 0 Å². The van der Waals surface area contributed by atoms with E-state index >= 15 is 0 Å². The lowest BCUT2D eigenvalue weighted by Gasteiger charge is -2.10. The van der Waals surface area contributed by atoms with E-state index in [0.717, 1.165) is 49.7 Å². The second kappa shape index (κ2) is 10.2. The van der Waals surface area contributed by atoms with Crippen molar-refractivity contribution in [3.05, 3.63) is 146 Å². The molecule has 45 heavy (non-hydrogen) atoms. The molecule has 0 fully saturated rings. The summed E-state index contributed by atoms with van der Waals surface area (Å²) < 4.78 is 6.14. The van der Waals surface area contributed by atoms with Gasteiger partial charge in [0.1, 0.15) is 11.1 Å². The Morgan fingerprint density at radius 3 is 1.73 bits per heavy atom. The molecule has 0 saturated carbocycles. The Balaban J connectivity index is 1.21. The first-order valence-corrected chi connectivity index (χ1v) is 14.9. The summed E-state index contributed by atoms with van der Waals surface area (Å²) in [6, 6.07) is 47.8. The molecule has 9 rings (SSSR count). The standard InChI is InChI=1S/C40H24N4O/c1-3-9-29-23-31(20-16-25(29)7-1)27-14-18-28(19-15-27)38-42-39(32-21-17-26-8-2-4-10-30(26)24-32)44-40(43-38)33-11-5-12-34-36(33)37-35(45-34)13-6-22-41-37/h1-24H. The third kappa shape index (κ3) is 4.41. The number of nitrogens with zero attached hydrogens (tertiary/aromatic N) is 4. The van der Waals surface area contributed by atoms with E-state index in [4.69, 9.17) is 19.4 Å². The molecule has 5 heteroatoms. The molecule has 0 aliphatic rings. The average molecular weight is 577 g/mol. The van der Waals surface area contributed by atoms with Crippen LogP contribution in [0.15, 0.2) is 150 Å². The topological polar surface area (TPSA) is 64.7 Å². The Bertz CT molecular complexity index is 2550. The molecular weight excluding hydrogens is 552 g/mol. The summed E-state index contributed by atoms with van der Waals surface area (Å²) in [6.07, 6.45) is 1.78. The molecule has 3 aromatic heterocycles. The Labute approximate surface area is 258 Å². The molecule has 0 atom stereocenters. The number of benzene rings is 6. The molecule has 3 heterocycles. The van der Waals surface area contributed by atoms with E-state index in [-0.39, 0.29) is 0 Å². The summed E-state index contributed by atoms with van der Waals surface area (Å²) in [5.74, 6) is 1.78. The lowest BCUT2D eigenvalue weighted by molar-refractivity contribution is 0.668. The number of aromatic nitrogens is 4. The highest BCUT2D eigenvalue weighted by Gasteiger charge is 2.18. The van der Waals surface area contributed by atoms with Gasteiger partial charge >= 0.3 is 0 Å². The molecule has 210 valence electrons. The van der Waals surface area contributed by atoms with Crippen molar-refractivity contribution in [3.63, 3.8) is 0 Å². The maximum absolute atomic E-state index is 6.14. The minimum atomic E-state index is 0.570. The number of pyridine rings is 1. The summed E-state index contributed by atoms with van der Waals surface area (Å²) in [7, 11) is 0. The molecule has 9 aromatic rings. The first-order chi connectivity index (χ1) is 22.3. The van der Waals surface area contributed by atoms with Gasteiger partial charge in [0.25, 0.3) is 0 Å². The first kappa shape index (κ1) is 25.3. The molecule has 0 radical (unpaired) electrons. The van der Waals surface area contributed by atoms with Crippen molar-refractivity contribution in [3.8, 4) is 45.3 Å². The van der Waals surface area contributed by atoms with Gasteiger partial charge in [-0.25, -0.2) is 15.0 Å². The van der Waals surface area contributed by atoms with Gasteiger partial charge in [0.15, 0.2) is 23.1 Å². The van der Waals surface area contributed by atoms with Gasteiger partial charge < -0.3 is 4.42 Å². The van der Waals surface area contributed by atoms with Gasteiger partial charge in [-0.3, -0.25) is 4.98 Å². The third-order valence-corrected chi connectivity index (χ3v) is 8.36. The summed E-state index contributed by atoms with van der Waals surface area (Å²) in [6.45, 7) is 0. The highest BCUT2D eigenvalue weighted by atomic mass is 16.3. The summed E-state index contributed by atoms with van der Waals surface area (Å²) in [5.41, 5.74) is 7.25. The highest BCUT2D eigenvalue weighted by Crippen LogP contribution is 2.36. The summed E-state index contributed by atoms with van der Waals surface area (Å²) in [5, 5.41) is 5.64. The SMILES string of the molecule is c1ccc2cc(-c3ccc(-c4nc(-c5ccc6ccccc6c5)nc(-c5cccc6oc7cccnc7c56)n4)cc3)ccc2c1. The molecule has 0 aliphatic carbocycles. The molecule has 0 saturated heterocycles. The predicted molar refractivity (Wildman–Crippen MR) is 182 cm³/mol.